The first-order valence-corrected chi connectivity index (χ1v) is 12.6. The number of likely N-dealkylation sites (tertiary alicyclic amines) is 1. The summed E-state index contributed by atoms with van der Waals surface area (Å²) in [5.74, 6) is 1.70. The predicted octanol–water partition coefficient (Wildman–Crippen LogP) is 4.04. The van der Waals surface area contributed by atoms with E-state index in [1.165, 1.54) is 11.3 Å². The number of carbonyl (C=O) groups excluding carboxylic acids is 1. The maximum atomic E-state index is 13.8. The van der Waals surface area contributed by atoms with Crippen molar-refractivity contribution in [2.24, 2.45) is 7.05 Å². The average molecular weight is 480 g/mol. The quantitative estimate of drug-likeness (QED) is 0.648. The fourth-order valence-corrected chi connectivity index (χ4v) is 6.29. The van der Waals surface area contributed by atoms with Crippen LogP contribution in [-0.4, -0.2) is 69.9 Å². The van der Waals surface area contributed by atoms with E-state index in [0.29, 0.717) is 13.1 Å². The van der Waals surface area contributed by atoms with Crippen molar-refractivity contribution in [1.29, 1.82) is 0 Å². The topological polar surface area (TPSA) is 63.1 Å². The van der Waals surface area contributed by atoms with Gasteiger partial charge in [0, 0.05) is 67.7 Å². The van der Waals surface area contributed by atoms with E-state index in [4.69, 9.17) is 9.47 Å². The van der Waals surface area contributed by atoms with Crippen molar-refractivity contribution in [1.82, 2.24) is 24.5 Å². The SMILES string of the molecule is CCN1C(=O)N2Cc3cc(OC)cc(OC)c3[C@@H](C)C=C2C12CCN(Cc1cnn(C)c1C)CC2. The van der Waals surface area contributed by atoms with Crippen LogP contribution in [0.2, 0.25) is 0 Å². The molecule has 2 saturated heterocycles. The Kier molecular flexibility index (Phi) is 6.03. The van der Waals surface area contributed by atoms with E-state index < -0.39 is 0 Å². The van der Waals surface area contributed by atoms with Crippen molar-refractivity contribution < 1.29 is 14.3 Å². The van der Waals surface area contributed by atoms with Crippen LogP contribution in [-0.2, 0) is 20.1 Å². The van der Waals surface area contributed by atoms with Crippen molar-refractivity contribution in [3.8, 4) is 11.5 Å². The molecule has 3 aliphatic rings. The molecule has 2 amide bonds. The molecule has 5 rings (SSSR count). The third-order valence-corrected chi connectivity index (χ3v) is 8.32. The Hall–Kier alpha value is -3.00. The lowest BCUT2D eigenvalue weighted by Gasteiger charge is -2.44. The third-order valence-electron chi connectivity index (χ3n) is 8.32. The summed E-state index contributed by atoms with van der Waals surface area (Å²) in [5, 5.41) is 4.41. The van der Waals surface area contributed by atoms with Crippen LogP contribution in [0.3, 0.4) is 0 Å². The number of carbonyl (C=O) groups is 1. The van der Waals surface area contributed by atoms with Crippen LogP contribution in [0.25, 0.3) is 0 Å². The summed E-state index contributed by atoms with van der Waals surface area (Å²) in [6.07, 6.45) is 6.15. The fraction of sp³-hybridized carbons (Fsp3) is 0.556. The average Bonchev–Trinajstić information content (AvgIpc) is 3.20. The van der Waals surface area contributed by atoms with Crippen LogP contribution >= 0.6 is 0 Å². The van der Waals surface area contributed by atoms with Gasteiger partial charge in [-0.2, -0.15) is 5.10 Å². The Balaban J connectivity index is 1.47. The second kappa shape index (κ2) is 8.90. The highest BCUT2D eigenvalue weighted by Gasteiger charge is 2.54. The minimum atomic E-state index is -0.264. The number of piperidine rings is 1. The minimum absolute atomic E-state index is 0.108. The van der Waals surface area contributed by atoms with Crippen LogP contribution in [0.1, 0.15) is 55.0 Å². The van der Waals surface area contributed by atoms with Gasteiger partial charge in [-0.25, -0.2) is 4.79 Å². The summed E-state index contributed by atoms with van der Waals surface area (Å²) >= 11 is 0. The zero-order chi connectivity index (χ0) is 24.9. The molecule has 3 aliphatic heterocycles. The van der Waals surface area contributed by atoms with E-state index >= 15 is 0 Å². The summed E-state index contributed by atoms with van der Waals surface area (Å²) in [6, 6.07) is 4.11. The molecular formula is C27H37N5O3. The van der Waals surface area contributed by atoms with Crippen molar-refractivity contribution in [3.05, 3.63) is 52.5 Å². The summed E-state index contributed by atoms with van der Waals surface area (Å²) in [7, 11) is 5.36. The van der Waals surface area contributed by atoms with Crippen molar-refractivity contribution >= 4 is 6.03 Å². The highest BCUT2D eigenvalue weighted by molar-refractivity contribution is 5.83. The smallest absolute Gasteiger partial charge is 0.325 e. The molecule has 4 heterocycles. The Morgan fingerprint density at radius 1 is 1.17 bits per heavy atom. The number of ether oxygens (including phenoxy) is 2. The molecule has 0 aliphatic carbocycles. The maximum absolute atomic E-state index is 13.8. The van der Waals surface area contributed by atoms with Gasteiger partial charge < -0.3 is 14.4 Å². The van der Waals surface area contributed by atoms with E-state index in [2.05, 4.69) is 47.8 Å². The molecule has 2 aromatic rings. The number of likely N-dealkylation sites (N-methyl/N-ethyl adjacent to an activating group) is 1. The van der Waals surface area contributed by atoms with Gasteiger partial charge in [-0.05, 0) is 38.3 Å². The van der Waals surface area contributed by atoms with Gasteiger partial charge in [-0.15, -0.1) is 0 Å². The Morgan fingerprint density at radius 3 is 2.51 bits per heavy atom. The third kappa shape index (κ3) is 3.69. The molecule has 1 spiro atoms. The van der Waals surface area contributed by atoms with Gasteiger partial charge in [0.25, 0.3) is 0 Å². The Labute approximate surface area is 208 Å². The Morgan fingerprint density at radius 2 is 1.91 bits per heavy atom. The van der Waals surface area contributed by atoms with Crippen LogP contribution in [0.15, 0.2) is 30.1 Å². The normalized spacial score (nSPS) is 21.6. The van der Waals surface area contributed by atoms with E-state index in [9.17, 15) is 4.79 Å². The summed E-state index contributed by atoms with van der Waals surface area (Å²) in [6.45, 7) is 10.5. The number of fused-ring (bicyclic) bond motifs is 3. The van der Waals surface area contributed by atoms with Crippen molar-refractivity contribution in [2.75, 3.05) is 33.9 Å². The van der Waals surface area contributed by atoms with Crippen LogP contribution in [0.4, 0.5) is 4.79 Å². The molecule has 1 aromatic carbocycles. The second-order valence-electron chi connectivity index (χ2n) is 10.0. The molecule has 0 N–H and O–H groups in total. The lowest BCUT2D eigenvalue weighted by molar-refractivity contribution is 0.0887. The van der Waals surface area contributed by atoms with Gasteiger partial charge in [-0.1, -0.05) is 13.0 Å². The van der Waals surface area contributed by atoms with E-state index in [1.807, 2.05) is 28.9 Å². The molecular weight excluding hydrogens is 442 g/mol. The molecule has 188 valence electrons. The number of hydrogen-bond acceptors (Lipinski definition) is 5. The number of aromatic nitrogens is 2. The summed E-state index contributed by atoms with van der Waals surface area (Å²) in [5.41, 5.74) is 5.62. The molecule has 0 bridgehead atoms. The number of benzene rings is 1. The number of urea groups is 1. The first-order valence-electron chi connectivity index (χ1n) is 12.6. The van der Waals surface area contributed by atoms with E-state index in [-0.39, 0.29) is 17.5 Å². The Bertz CT molecular complexity index is 1160. The van der Waals surface area contributed by atoms with Crippen LogP contribution in [0, 0.1) is 6.92 Å². The second-order valence-corrected chi connectivity index (χ2v) is 10.0. The number of hydrogen-bond donors (Lipinski definition) is 0. The highest BCUT2D eigenvalue weighted by atomic mass is 16.5. The van der Waals surface area contributed by atoms with Crippen LogP contribution in [0.5, 0.6) is 11.5 Å². The molecule has 2 fully saturated rings. The number of methoxy groups -OCH3 is 2. The van der Waals surface area contributed by atoms with Gasteiger partial charge >= 0.3 is 6.03 Å². The van der Waals surface area contributed by atoms with Gasteiger partial charge in [0.05, 0.1) is 32.5 Å². The molecule has 0 radical (unpaired) electrons. The number of nitrogens with zero attached hydrogens (tertiary/aromatic N) is 5. The molecule has 0 saturated carbocycles. The molecule has 8 nitrogen and oxygen atoms in total. The largest absolute Gasteiger partial charge is 0.497 e. The molecule has 1 aromatic heterocycles. The number of allylic oxidation sites excluding steroid dienone is 1. The van der Waals surface area contributed by atoms with Gasteiger partial charge in [-0.3, -0.25) is 14.5 Å². The molecule has 8 heteroatoms. The zero-order valence-corrected chi connectivity index (χ0v) is 21.8. The number of rotatable bonds is 5. The maximum Gasteiger partial charge on any atom is 0.325 e. The molecule has 1 atom stereocenters. The lowest BCUT2D eigenvalue weighted by atomic mass is 9.82. The summed E-state index contributed by atoms with van der Waals surface area (Å²) in [4.78, 5) is 20.4. The predicted molar refractivity (Wildman–Crippen MR) is 135 cm³/mol. The first kappa shape index (κ1) is 23.7. The van der Waals surface area contributed by atoms with E-state index in [1.54, 1.807) is 14.2 Å². The standard InChI is InChI=1S/C27H37N5O3/c1-7-32-26(33)31-17-20-13-22(34-5)14-23(35-6)25(20)18(2)12-24(31)27(32)8-10-30(11-9-27)16-21-15-28-29(4)19(21)3/h12-15,18H,7-11,16-17H2,1-6H3/t18-/m0/s1. The monoisotopic (exact) mass is 479 g/mol. The van der Waals surface area contributed by atoms with Gasteiger partial charge in [0.15, 0.2) is 0 Å². The number of aryl methyl sites for hydroxylation is 1. The molecule has 35 heavy (non-hydrogen) atoms. The molecule has 0 unspecified atom stereocenters. The van der Waals surface area contributed by atoms with Gasteiger partial charge in [0.1, 0.15) is 11.5 Å². The highest BCUT2D eigenvalue weighted by Crippen LogP contribution is 2.49. The van der Waals surface area contributed by atoms with Crippen molar-refractivity contribution in [3.63, 3.8) is 0 Å². The van der Waals surface area contributed by atoms with Gasteiger partial charge in [0.2, 0.25) is 0 Å². The first-order chi connectivity index (χ1) is 16.8. The summed E-state index contributed by atoms with van der Waals surface area (Å²) < 4.78 is 13.2. The zero-order valence-electron chi connectivity index (χ0n) is 21.8. The fourth-order valence-electron chi connectivity index (χ4n) is 6.29. The van der Waals surface area contributed by atoms with Crippen LogP contribution < -0.4 is 9.47 Å². The lowest BCUT2D eigenvalue weighted by Crippen LogP contribution is -2.53. The minimum Gasteiger partial charge on any atom is -0.497 e. The number of amides is 2. The van der Waals surface area contributed by atoms with E-state index in [0.717, 1.165) is 60.8 Å². The van der Waals surface area contributed by atoms with Crippen molar-refractivity contribution in [2.45, 2.75) is 58.2 Å².